The van der Waals surface area contributed by atoms with Gasteiger partial charge >= 0.3 is 0 Å². The highest BCUT2D eigenvalue weighted by atomic mass is 19.2. The molecule has 0 spiro atoms. The van der Waals surface area contributed by atoms with Crippen LogP contribution in [0.4, 0.5) is 13.2 Å². The Balaban J connectivity index is 2.60. The molecule has 0 radical (unpaired) electrons. The minimum absolute atomic E-state index is 0.126. The van der Waals surface area contributed by atoms with Crippen LogP contribution in [0.15, 0.2) is 29.0 Å². The summed E-state index contributed by atoms with van der Waals surface area (Å²) in [6, 6.07) is 2.57. The van der Waals surface area contributed by atoms with Crippen molar-refractivity contribution in [2.24, 2.45) is 0 Å². The van der Waals surface area contributed by atoms with Gasteiger partial charge in [-0.3, -0.25) is 0 Å². The molecule has 0 aliphatic rings. The number of nitrogens with zero attached hydrogens (tertiary/aromatic N) is 1. The molecule has 0 bridgehead atoms. The summed E-state index contributed by atoms with van der Waals surface area (Å²) in [6.45, 7) is 0. The fourth-order valence-corrected chi connectivity index (χ4v) is 1.07. The van der Waals surface area contributed by atoms with Crippen molar-refractivity contribution in [2.75, 3.05) is 0 Å². The molecule has 1 aromatic heterocycles. The molecule has 2 nitrogen and oxygen atoms in total. The Morgan fingerprint density at radius 1 is 1.00 bits per heavy atom. The summed E-state index contributed by atoms with van der Waals surface area (Å²) in [5.41, 5.74) is -0.000880. The van der Waals surface area contributed by atoms with E-state index in [-0.39, 0.29) is 11.3 Å². The first-order chi connectivity index (χ1) is 6.68. The Bertz CT molecular complexity index is 453. The number of rotatable bonds is 1. The zero-order valence-corrected chi connectivity index (χ0v) is 6.80. The van der Waals surface area contributed by atoms with Crippen molar-refractivity contribution in [2.45, 2.75) is 0 Å². The van der Waals surface area contributed by atoms with E-state index in [4.69, 9.17) is 0 Å². The lowest BCUT2D eigenvalue weighted by Gasteiger charge is -1.99. The van der Waals surface area contributed by atoms with Crippen molar-refractivity contribution >= 4 is 0 Å². The molecule has 0 saturated heterocycles. The Morgan fingerprint density at radius 3 is 2.36 bits per heavy atom. The first-order valence-corrected chi connectivity index (χ1v) is 3.74. The highest BCUT2D eigenvalue weighted by Crippen LogP contribution is 2.23. The smallest absolute Gasteiger partial charge is 0.161 e. The first kappa shape index (κ1) is 8.80. The standard InChI is InChI=1S/C9H4F3NO/c10-6-4-8(12)7(11)3-5(6)9-1-2-14-13-9/h1-4H. The van der Waals surface area contributed by atoms with Gasteiger partial charge in [0, 0.05) is 17.7 Å². The van der Waals surface area contributed by atoms with E-state index < -0.39 is 17.5 Å². The van der Waals surface area contributed by atoms with Crippen molar-refractivity contribution < 1.29 is 17.7 Å². The molecule has 2 rings (SSSR count). The van der Waals surface area contributed by atoms with Gasteiger partial charge in [0.25, 0.3) is 0 Å². The lowest BCUT2D eigenvalue weighted by atomic mass is 10.1. The van der Waals surface area contributed by atoms with Gasteiger partial charge in [-0.2, -0.15) is 0 Å². The zero-order valence-electron chi connectivity index (χ0n) is 6.80. The highest BCUT2D eigenvalue weighted by molar-refractivity contribution is 5.58. The number of aromatic nitrogens is 1. The van der Waals surface area contributed by atoms with Crippen molar-refractivity contribution in [1.82, 2.24) is 5.16 Å². The van der Waals surface area contributed by atoms with Crippen LogP contribution in [-0.2, 0) is 0 Å². The fourth-order valence-electron chi connectivity index (χ4n) is 1.07. The van der Waals surface area contributed by atoms with E-state index in [0.717, 1.165) is 6.07 Å². The minimum atomic E-state index is -1.23. The molecule has 1 heterocycles. The van der Waals surface area contributed by atoms with Gasteiger partial charge in [0.15, 0.2) is 11.6 Å². The van der Waals surface area contributed by atoms with Crippen LogP contribution in [0.3, 0.4) is 0 Å². The average molecular weight is 199 g/mol. The fraction of sp³-hybridized carbons (Fsp3) is 0. The minimum Gasteiger partial charge on any atom is -0.364 e. The summed E-state index contributed by atoms with van der Waals surface area (Å²) in [6.07, 6.45) is 1.22. The van der Waals surface area contributed by atoms with Gasteiger partial charge in [0.1, 0.15) is 17.8 Å². The lowest BCUT2D eigenvalue weighted by Crippen LogP contribution is -1.91. The molecular formula is C9H4F3NO. The molecule has 0 amide bonds. The van der Waals surface area contributed by atoms with Gasteiger partial charge in [0.05, 0.1) is 0 Å². The summed E-state index contributed by atoms with van der Waals surface area (Å²) in [5.74, 6) is -3.23. The van der Waals surface area contributed by atoms with Gasteiger partial charge in [-0.1, -0.05) is 5.16 Å². The maximum atomic E-state index is 13.1. The maximum absolute atomic E-state index is 13.1. The normalized spacial score (nSPS) is 10.5. The van der Waals surface area contributed by atoms with Crippen LogP contribution in [0.2, 0.25) is 0 Å². The van der Waals surface area contributed by atoms with Crippen LogP contribution in [0.25, 0.3) is 11.3 Å². The molecule has 5 heteroatoms. The van der Waals surface area contributed by atoms with E-state index >= 15 is 0 Å². The Hall–Kier alpha value is -1.78. The van der Waals surface area contributed by atoms with Crippen LogP contribution in [-0.4, -0.2) is 5.16 Å². The van der Waals surface area contributed by atoms with E-state index in [9.17, 15) is 13.2 Å². The number of hydrogen-bond acceptors (Lipinski definition) is 2. The first-order valence-electron chi connectivity index (χ1n) is 3.74. The molecule has 0 aliphatic heterocycles. The largest absolute Gasteiger partial charge is 0.364 e. The van der Waals surface area contributed by atoms with Crippen molar-refractivity contribution in [3.63, 3.8) is 0 Å². The Labute approximate surface area is 77.0 Å². The molecular weight excluding hydrogens is 195 g/mol. The Kier molecular flexibility index (Phi) is 1.99. The van der Waals surface area contributed by atoms with Crippen LogP contribution in [0, 0.1) is 17.5 Å². The molecule has 0 atom stereocenters. The van der Waals surface area contributed by atoms with Gasteiger partial charge in [-0.15, -0.1) is 0 Å². The topological polar surface area (TPSA) is 26.0 Å². The summed E-state index contributed by atoms with van der Waals surface area (Å²) in [5, 5.41) is 3.41. The zero-order chi connectivity index (χ0) is 10.1. The van der Waals surface area contributed by atoms with Crippen LogP contribution in [0.1, 0.15) is 0 Å². The highest BCUT2D eigenvalue weighted by Gasteiger charge is 2.12. The van der Waals surface area contributed by atoms with Crippen LogP contribution >= 0.6 is 0 Å². The molecule has 0 fully saturated rings. The van der Waals surface area contributed by atoms with Gasteiger partial charge < -0.3 is 4.52 Å². The average Bonchev–Trinajstić information content (AvgIpc) is 2.64. The summed E-state index contributed by atoms with van der Waals surface area (Å²) >= 11 is 0. The molecule has 2 aromatic rings. The van der Waals surface area contributed by atoms with Gasteiger partial charge in [0.2, 0.25) is 0 Å². The van der Waals surface area contributed by atoms with Crippen LogP contribution < -0.4 is 0 Å². The quantitative estimate of drug-likeness (QED) is 0.660. The second kappa shape index (κ2) is 3.17. The summed E-state index contributed by atoms with van der Waals surface area (Å²) in [7, 11) is 0. The van der Waals surface area contributed by atoms with E-state index in [1.54, 1.807) is 0 Å². The molecule has 0 aliphatic carbocycles. The third kappa shape index (κ3) is 1.37. The van der Waals surface area contributed by atoms with Crippen LogP contribution in [0.5, 0.6) is 0 Å². The molecule has 0 N–H and O–H groups in total. The van der Waals surface area contributed by atoms with Gasteiger partial charge in [-0.25, -0.2) is 13.2 Å². The van der Waals surface area contributed by atoms with Crippen molar-refractivity contribution in [3.05, 3.63) is 41.9 Å². The van der Waals surface area contributed by atoms with E-state index in [1.807, 2.05) is 0 Å². The predicted molar refractivity (Wildman–Crippen MR) is 41.8 cm³/mol. The molecule has 72 valence electrons. The van der Waals surface area contributed by atoms with Crippen molar-refractivity contribution in [1.29, 1.82) is 0 Å². The second-order valence-electron chi connectivity index (χ2n) is 2.63. The molecule has 0 saturated carbocycles. The number of hydrogen-bond donors (Lipinski definition) is 0. The second-order valence-corrected chi connectivity index (χ2v) is 2.63. The summed E-state index contributed by atoms with van der Waals surface area (Å²) in [4.78, 5) is 0. The maximum Gasteiger partial charge on any atom is 0.161 e. The molecule has 0 unspecified atom stereocenters. The van der Waals surface area contributed by atoms with E-state index in [0.29, 0.717) is 6.07 Å². The molecule has 14 heavy (non-hydrogen) atoms. The number of benzene rings is 1. The summed E-state index contributed by atoms with van der Waals surface area (Å²) < 4.78 is 42.9. The van der Waals surface area contributed by atoms with E-state index in [2.05, 4.69) is 9.68 Å². The predicted octanol–water partition coefficient (Wildman–Crippen LogP) is 2.76. The Morgan fingerprint density at radius 2 is 1.71 bits per heavy atom. The van der Waals surface area contributed by atoms with E-state index in [1.165, 1.54) is 12.3 Å². The third-order valence-corrected chi connectivity index (χ3v) is 1.72. The lowest BCUT2D eigenvalue weighted by molar-refractivity contribution is 0.421. The monoisotopic (exact) mass is 199 g/mol. The number of halogens is 3. The molecule has 1 aromatic carbocycles. The third-order valence-electron chi connectivity index (χ3n) is 1.72. The van der Waals surface area contributed by atoms with Gasteiger partial charge in [-0.05, 0) is 6.07 Å². The van der Waals surface area contributed by atoms with Crippen molar-refractivity contribution in [3.8, 4) is 11.3 Å². The SMILES string of the molecule is Fc1cc(F)c(-c2ccon2)cc1F.